The van der Waals surface area contributed by atoms with Crippen molar-refractivity contribution in [2.24, 2.45) is 0 Å². The molecule has 1 N–H and O–H groups in total. The van der Waals surface area contributed by atoms with Gasteiger partial charge in [0.15, 0.2) is 0 Å². The maximum atomic E-state index is 11.8. The SMILES string of the molecule is CN(C)S(=O)(=O)c1ccc(CNCCc2ccsc2)o1. The molecule has 0 spiro atoms. The minimum absolute atomic E-state index is 0.0165. The largest absolute Gasteiger partial charge is 0.447 e. The molecule has 0 atom stereocenters. The summed E-state index contributed by atoms with van der Waals surface area (Å²) in [6.07, 6.45) is 0.951. The monoisotopic (exact) mass is 314 g/mol. The van der Waals surface area contributed by atoms with Crippen molar-refractivity contribution in [2.45, 2.75) is 18.1 Å². The lowest BCUT2D eigenvalue weighted by Crippen LogP contribution is -2.21. The summed E-state index contributed by atoms with van der Waals surface area (Å²) < 4.78 is 30.2. The molecule has 2 rings (SSSR count). The number of hydrogen-bond acceptors (Lipinski definition) is 5. The Balaban J connectivity index is 1.84. The molecule has 0 aliphatic carbocycles. The topological polar surface area (TPSA) is 62.6 Å². The van der Waals surface area contributed by atoms with Gasteiger partial charge in [-0.1, -0.05) is 0 Å². The van der Waals surface area contributed by atoms with Crippen molar-refractivity contribution in [2.75, 3.05) is 20.6 Å². The van der Waals surface area contributed by atoms with Crippen molar-refractivity contribution in [3.05, 3.63) is 40.3 Å². The number of rotatable bonds is 7. The van der Waals surface area contributed by atoms with E-state index in [4.69, 9.17) is 4.42 Å². The fourth-order valence-corrected chi connectivity index (χ4v) is 3.17. The maximum absolute atomic E-state index is 11.8. The lowest BCUT2D eigenvalue weighted by atomic mass is 10.2. The fraction of sp³-hybridized carbons (Fsp3) is 0.385. The molecule has 5 nitrogen and oxygen atoms in total. The molecule has 2 aromatic heterocycles. The lowest BCUT2D eigenvalue weighted by molar-refractivity contribution is 0.389. The lowest BCUT2D eigenvalue weighted by Gasteiger charge is -2.07. The van der Waals surface area contributed by atoms with Gasteiger partial charge in [-0.25, -0.2) is 12.7 Å². The molecule has 2 aromatic rings. The van der Waals surface area contributed by atoms with E-state index in [2.05, 4.69) is 22.1 Å². The van der Waals surface area contributed by atoms with E-state index in [9.17, 15) is 8.42 Å². The molecular weight excluding hydrogens is 296 g/mol. The summed E-state index contributed by atoms with van der Waals surface area (Å²) in [5.74, 6) is 0.621. The molecule has 0 aliphatic heterocycles. The second-order valence-electron chi connectivity index (χ2n) is 4.57. The Morgan fingerprint density at radius 3 is 2.75 bits per heavy atom. The standard InChI is InChI=1S/C13H18N2O3S2/c1-15(2)20(16,17)13-4-3-12(18-13)9-14-7-5-11-6-8-19-10-11/h3-4,6,8,10,14H,5,7,9H2,1-2H3. The van der Waals surface area contributed by atoms with Gasteiger partial charge in [0, 0.05) is 14.1 Å². The van der Waals surface area contributed by atoms with Gasteiger partial charge in [-0.05, 0) is 47.5 Å². The van der Waals surface area contributed by atoms with Crippen LogP contribution in [0.5, 0.6) is 0 Å². The molecule has 0 aromatic carbocycles. The molecule has 0 radical (unpaired) electrons. The molecule has 0 fully saturated rings. The van der Waals surface area contributed by atoms with Gasteiger partial charge < -0.3 is 9.73 Å². The van der Waals surface area contributed by atoms with Crippen LogP contribution in [0.3, 0.4) is 0 Å². The summed E-state index contributed by atoms with van der Waals surface area (Å²) >= 11 is 1.69. The minimum Gasteiger partial charge on any atom is -0.447 e. The normalized spacial score (nSPS) is 12.2. The minimum atomic E-state index is -3.48. The second kappa shape index (κ2) is 6.53. The first-order valence-electron chi connectivity index (χ1n) is 6.23. The predicted molar refractivity (Wildman–Crippen MR) is 79.3 cm³/mol. The molecule has 20 heavy (non-hydrogen) atoms. The van der Waals surface area contributed by atoms with E-state index in [-0.39, 0.29) is 5.09 Å². The number of thiophene rings is 1. The summed E-state index contributed by atoms with van der Waals surface area (Å²) in [7, 11) is -0.516. The summed E-state index contributed by atoms with van der Waals surface area (Å²) in [4.78, 5) is 0. The molecule has 2 heterocycles. The molecule has 7 heteroatoms. The summed E-state index contributed by atoms with van der Waals surface area (Å²) in [6, 6.07) is 5.28. The van der Waals surface area contributed by atoms with Crippen LogP contribution in [0.2, 0.25) is 0 Å². The number of hydrogen-bond donors (Lipinski definition) is 1. The van der Waals surface area contributed by atoms with E-state index < -0.39 is 10.0 Å². The Morgan fingerprint density at radius 1 is 1.30 bits per heavy atom. The number of furan rings is 1. The number of nitrogens with zero attached hydrogens (tertiary/aromatic N) is 1. The molecule has 0 amide bonds. The highest BCUT2D eigenvalue weighted by Crippen LogP contribution is 2.16. The van der Waals surface area contributed by atoms with Crippen LogP contribution in [0.15, 0.2) is 38.5 Å². The molecule has 0 saturated heterocycles. The Hall–Kier alpha value is -1.15. The Bertz CT molecular complexity index is 630. The van der Waals surface area contributed by atoms with Crippen LogP contribution in [0, 0.1) is 0 Å². The van der Waals surface area contributed by atoms with Gasteiger partial charge in [-0.3, -0.25) is 0 Å². The van der Waals surface area contributed by atoms with Gasteiger partial charge >= 0.3 is 0 Å². The van der Waals surface area contributed by atoms with Gasteiger partial charge in [-0.15, -0.1) is 0 Å². The first-order chi connectivity index (χ1) is 9.50. The maximum Gasteiger partial charge on any atom is 0.275 e. The predicted octanol–water partition coefficient (Wildman–Crippen LogP) is 1.92. The van der Waals surface area contributed by atoms with Crippen molar-refractivity contribution in [1.82, 2.24) is 9.62 Å². The van der Waals surface area contributed by atoms with E-state index in [1.807, 2.05) is 0 Å². The van der Waals surface area contributed by atoms with Crippen LogP contribution in [0.25, 0.3) is 0 Å². The van der Waals surface area contributed by atoms with E-state index in [1.165, 1.54) is 25.7 Å². The van der Waals surface area contributed by atoms with E-state index in [0.717, 1.165) is 17.3 Å². The van der Waals surface area contributed by atoms with Crippen molar-refractivity contribution >= 4 is 21.4 Å². The van der Waals surface area contributed by atoms with Crippen LogP contribution in [-0.4, -0.2) is 33.4 Å². The molecule has 110 valence electrons. The molecule has 0 aliphatic rings. The van der Waals surface area contributed by atoms with Crippen molar-refractivity contribution in [3.8, 4) is 0 Å². The Morgan fingerprint density at radius 2 is 2.10 bits per heavy atom. The van der Waals surface area contributed by atoms with Crippen molar-refractivity contribution in [1.29, 1.82) is 0 Å². The van der Waals surface area contributed by atoms with Crippen LogP contribution in [0.1, 0.15) is 11.3 Å². The average molecular weight is 314 g/mol. The summed E-state index contributed by atoms with van der Waals surface area (Å²) in [6.45, 7) is 1.35. The average Bonchev–Trinajstić information content (AvgIpc) is 3.06. The quantitative estimate of drug-likeness (QED) is 0.793. The first-order valence-corrected chi connectivity index (χ1v) is 8.61. The zero-order chi connectivity index (χ0) is 14.6. The van der Waals surface area contributed by atoms with Gasteiger partial charge in [0.2, 0.25) is 5.09 Å². The highest BCUT2D eigenvalue weighted by Gasteiger charge is 2.21. The third kappa shape index (κ3) is 3.69. The smallest absolute Gasteiger partial charge is 0.275 e. The summed E-state index contributed by atoms with van der Waals surface area (Å²) in [5.41, 5.74) is 1.30. The van der Waals surface area contributed by atoms with Gasteiger partial charge in [0.1, 0.15) is 5.76 Å². The van der Waals surface area contributed by atoms with Gasteiger partial charge in [0.05, 0.1) is 6.54 Å². The van der Waals surface area contributed by atoms with Gasteiger partial charge in [0.25, 0.3) is 10.0 Å². The second-order valence-corrected chi connectivity index (χ2v) is 7.43. The highest BCUT2D eigenvalue weighted by molar-refractivity contribution is 7.88. The molecule has 0 bridgehead atoms. The van der Waals surface area contributed by atoms with E-state index in [1.54, 1.807) is 17.4 Å². The summed E-state index contributed by atoms with van der Waals surface area (Å²) in [5, 5.41) is 7.40. The van der Waals surface area contributed by atoms with Crippen LogP contribution in [-0.2, 0) is 23.0 Å². The third-order valence-electron chi connectivity index (χ3n) is 2.84. The van der Waals surface area contributed by atoms with Crippen LogP contribution >= 0.6 is 11.3 Å². The molecule has 0 unspecified atom stereocenters. The number of sulfonamides is 1. The van der Waals surface area contributed by atoms with E-state index >= 15 is 0 Å². The van der Waals surface area contributed by atoms with Gasteiger partial charge in [-0.2, -0.15) is 11.3 Å². The van der Waals surface area contributed by atoms with Crippen LogP contribution < -0.4 is 5.32 Å². The molecular formula is C13H18N2O3S2. The van der Waals surface area contributed by atoms with Crippen molar-refractivity contribution in [3.63, 3.8) is 0 Å². The van der Waals surface area contributed by atoms with Crippen LogP contribution in [0.4, 0.5) is 0 Å². The highest BCUT2D eigenvalue weighted by atomic mass is 32.2. The van der Waals surface area contributed by atoms with Crippen molar-refractivity contribution < 1.29 is 12.8 Å². The third-order valence-corrected chi connectivity index (χ3v) is 5.26. The zero-order valence-corrected chi connectivity index (χ0v) is 13.1. The van der Waals surface area contributed by atoms with E-state index in [0.29, 0.717) is 12.3 Å². The zero-order valence-electron chi connectivity index (χ0n) is 11.5. The Labute approximate surface area is 123 Å². The Kier molecular flexibility index (Phi) is 4.98. The fourth-order valence-electron chi connectivity index (χ4n) is 1.65. The first kappa shape index (κ1) is 15.2. The number of nitrogens with one attached hydrogen (secondary N) is 1. The molecule has 0 saturated carbocycles.